The van der Waals surface area contributed by atoms with Gasteiger partial charge in [0.05, 0.1) is 10.4 Å². The summed E-state index contributed by atoms with van der Waals surface area (Å²) in [5.41, 5.74) is 1.19. The molecule has 2 rings (SSSR count). The molecule has 0 saturated heterocycles. The van der Waals surface area contributed by atoms with Gasteiger partial charge in [0, 0.05) is 11.1 Å². The van der Waals surface area contributed by atoms with Gasteiger partial charge in [-0.2, -0.15) is 0 Å². The fourth-order valence-corrected chi connectivity index (χ4v) is 2.76. The maximum atomic E-state index is 12.1. The molecule has 2 heterocycles. The molecule has 2 aromatic rings. The van der Waals surface area contributed by atoms with Gasteiger partial charge in [-0.1, -0.05) is 6.92 Å². The minimum absolute atomic E-state index is 0.0863. The van der Waals surface area contributed by atoms with Crippen LogP contribution in [0.4, 0.5) is 5.82 Å². The first kappa shape index (κ1) is 14.2. The molecule has 2 aromatic heterocycles. The van der Waals surface area contributed by atoms with Crippen molar-refractivity contribution in [3.8, 4) is 0 Å². The number of aromatic nitrogens is 1. The minimum Gasteiger partial charge on any atom is -0.478 e. The maximum absolute atomic E-state index is 12.1. The number of carbonyl (C=O) groups excluding carboxylic acids is 1. The van der Waals surface area contributed by atoms with E-state index in [-0.39, 0.29) is 11.5 Å². The third-order valence-electron chi connectivity index (χ3n) is 2.82. The quantitative estimate of drug-likeness (QED) is 0.907. The minimum atomic E-state index is -1.04. The number of nitrogens with zero attached hydrogens (tertiary/aromatic N) is 1. The molecule has 104 valence electrons. The molecule has 0 fully saturated rings. The average molecular weight is 290 g/mol. The van der Waals surface area contributed by atoms with Gasteiger partial charge in [0.25, 0.3) is 5.91 Å². The number of nitrogens with one attached hydrogen (secondary N) is 1. The van der Waals surface area contributed by atoms with Gasteiger partial charge >= 0.3 is 5.97 Å². The summed E-state index contributed by atoms with van der Waals surface area (Å²) < 4.78 is 0. The molecule has 0 spiro atoms. The van der Waals surface area contributed by atoms with Gasteiger partial charge in [0.15, 0.2) is 0 Å². The van der Waals surface area contributed by atoms with Crippen LogP contribution in [0.1, 0.15) is 37.4 Å². The normalized spacial score (nSPS) is 10.3. The fraction of sp³-hybridized carbons (Fsp3) is 0.214. The molecular weight excluding hydrogens is 276 g/mol. The summed E-state index contributed by atoms with van der Waals surface area (Å²) >= 11 is 1.46. The van der Waals surface area contributed by atoms with Crippen molar-refractivity contribution in [1.29, 1.82) is 0 Å². The van der Waals surface area contributed by atoms with Crippen LogP contribution in [0.15, 0.2) is 24.4 Å². The summed E-state index contributed by atoms with van der Waals surface area (Å²) in [6.07, 6.45) is 2.12. The van der Waals surface area contributed by atoms with Crippen molar-refractivity contribution in [2.75, 3.05) is 5.32 Å². The monoisotopic (exact) mass is 290 g/mol. The van der Waals surface area contributed by atoms with Crippen LogP contribution in [-0.4, -0.2) is 22.0 Å². The van der Waals surface area contributed by atoms with Gasteiger partial charge in [-0.15, -0.1) is 11.3 Å². The van der Waals surface area contributed by atoms with E-state index in [0.29, 0.717) is 10.7 Å². The van der Waals surface area contributed by atoms with E-state index in [2.05, 4.69) is 10.3 Å². The van der Waals surface area contributed by atoms with E-state index < -0.39 is 5.97 Å². The molecule has 0 aromatic carbocycles. The SMILES string of the molecule is CCc1sc(C(=O)Nc2ccc(C(=O)O)cn2)cc1C. The molecule has 2 N–H and O–H groups in total. The Morgan fingerprint density at radius 3 is 2.65 bits per heavy atom. The molecule has 0 saturated carbocycles. The van der Waals surface area contributed by atoms with Gasteiger partial charge < -0.3 is 10.4 Å². The summed E-state index contributed by atoms with van der Waals surface area (Å²) in [5, 5.41) is 11.4. The van der Waals surface area contributed by atoms with E-state index in [9.17, 15) is 9.59 Å². The molecule has 0 atom stereocenters. The Morgan fingerprint density at radius 2 is 2.15 bits per heavy atom. The molecular formula is C14H14N2O3S. The lowest BCUT2D eigenvalue weighted by Gasteiger charge is -2.02. The van der Waals surface area contributed by atoms with Crippen LogP contribution in [0.25, 0.3) is 0 Å². The van der Waals surface area contributed by atoms with E-state index in [0.717, 1.165) is 12.0 Å². The molecule has 0 aliphatic heterocycles. The molecule has 0 bridgehead atoms. The van der Waals surface area contributed by atoms with Crippen LogP contribution in [0, 0.1) is 6.92 Å². The van der Waals surface area contributed by atoms with Crippen molar-refractivity contribution in [1.82, 2.24) is 4.98 Å². The predicted molar refractivity (Wildman–Crippen MR) is 77.6 cm³/mol. The van der Waals surface area contributed by atoms with Crippen LogP contribution in [0.5, 0.6) is 0 Å². The third-order valence-corrected chi connectivity index (χ3v) is 4.20. The molecule has 0 aliphatic rings. The number of pyridine rings is 1. The first-order valence-electron chi connectivity index (χ1n) is 6.11. The summed E-state index contributed by atoms with van der Waals surface area (Å²) in [7, 11) is 0. The second-order valence-electron chi connectivity index (χ2n) is 4.26. The molecule has 20 heavy (non-hydrogen) atoms. The number of aryl methyl sites for hydroxylation is 2. The number of amides is 1. The van der Waals surface area contributed by atoms with E-state index in [1.54, 1.807) is 0 Å². The third kappa shape index (κ3) is 3.03. The van der Waals surface area contributed by atoms with Crippen molar-refractivity contribution in [2.45, 2.75) is 20.3 Å². The number of aromatic carboxylic acids is 1. The second-order valence-corrected chi connectivity index (χ2v) is 5.40. The maximum Gasteiger partial charge on any atom is 0.337 e. The number of thiophene rings is 1. The molecule has 0 unspecified atom stereocenters. The van der Waals surface area contributed by atoms with Crippen molar-refractivity contribution in [3.05, 3.63) is 45.3 Å². The Balaban J connectivity index is 2.12. The van der Waals surface area contributed by atoms with Gasteiger partial charge in [-0.25, -0.2) is 9.78 Å². The Hall–Kier alpha value is -2.21. The molecule has 6 heteroatoms. The van der Waals surface area contributed by atoms with E-state index in [4.69, 9.17) is 5.11 Å². The van der Waals surface area contributed by atoms with E-state index >= 15 is 0 Å². The van der Waals surface area contributed by atoms with Gasteiger partial charge in [0.2, 0.25) is 0 Å². The lowest BCUT2D eigenvalue weighted by Crippen LogP contribution is -2.11. The van der Waals surface area contributed by atoms with Crippen LogP contribution < -0.4 is 5.32 Å². The standard InChI is InChI=1S/C14H14N2O3S/c1-3-10-8(2)6-11(20-10)13(17)16-12-5-4-9(7-15-12)14(18)19/h4-7H,3H2,1-2H3,(H,18,19)(H,15,16,17). The number of carbonyl (C=O) groups is 2. The Labute approximate surface area is 120 Å². The Bertz CT molecular complexity index is 647. The topological polar surface area (TPSA) is 79.3 Å². The molecule has 0 radical (unpaired) electrons. The largest absolute Gasteiger partial charge is 0.478 e. The Morgan fingerprint density at radius 1 is 1.40 bits per heavy atom. The smallest absolute Gasteiger partial charge is 0.337 e. The number of hydrogen-bond acceptors (Lipinski definition) is 4. The number of rotatable bonds is 4. The summed E-state index contributed by atoms with van der Waals surface area (Å²) in [5.74, 6) is -0.936. The molecule has 0 aliphatic carbocycles. The van der Waals surface area contributed by atoms with E-state index in [1.165, 1.54) is 34.5 Å². The number of carboxylic acids is 1. The van der Waals surface area contributed by atoms with Crippen LogP contribution in [0.2, 0.25) is 0 Å². The highest BCUT2D eigenvalue weighted by molar-refractivity contribution is 7.14. The van der Waals surface area contributed by atoms with Crippen LogP contribution >= 0.6 is 11.3 Å². The molecule has 1 amide bonds. The zero-order chi connectivity index (χ0) is 14.7. The fourth-order valence-electron chi connectivity index (χ4n) is 1.75. The lowest BCUT2D eigenvalue weighted by molar-refractivity contribution is 0.0696. The van der Waals surface area contributed by atoms with Gasteiger partial charge in [-0.3, -0.25) is 4.79 Å². The number of anilines is 1. The van der Waals surface area contributed by atoms with Crippen molar-refractivity contribution >= 4 is 29.0 Å². The van der Waals surface area contributed by atoms with Crippen molar-refractivity contribution in [2.24, 2.45) is 0 Å². The zero-order valence-electron chi connectivity index (χ0n) is 11.1. The number of hydrogen-bond donors (Lipinski definition) is 2. The van der Waals surface area contributed by atoms with Gasteiger partial charge in [-0.05, 0) is 37.1 Å². The van der Waals surface area contributed by atoms with Crippen molar-refractivity contribution in [3.63, 3.8) is 0 Å². The summed E-state index contributed by atoms with van der Waals surface area (Å²) in [6, 6.07) is 4.73. The highest BCUT2D eigenvalue weighted by Crippen LogP contribution is 2.23. The Kier molecular flexibility index (Phi) is 4.14. The predicted octanol–water partition coefficient (Wildman–Crippen LogP) is 2.96. The average Bonchev–Trinajstić information content (AvgIpc) is 2.80. The lowest BCUT2D eigenvalue weighted by atomic mass is 10.2. The second kappa shape index (κ2) is 5.83. The van der Waals surface area contributed by atoms with Crippen LogP contribution in [0.3, 0.4) is 0 Å². The van der Waals surface area contributed by atoms with Crippen LogP contribution in [-0.2, 0) is 6.42 Å². The zero-order valence-corrected chi connectivity index (χ0v) is 12.0. The molecule has 5 nitrogen and oxygen atoms in total. The van der Waals surface area contributed by atoms with Crippen molar-refractivity contribution < 1.29 is 14.7 Å². The van der Waals surface area contributed by atoms with Gasteiger partial charge in [0.1, 0.15) is 5.82 Å². The van der Waals surface area contributed by atoms with E-state index in [1.807, 2.05) is 19.9 Å². The summed E-state index contributed by atoms with van der Waals surface area (Å²) in [4.78, 5) is 28.5. The highest BCUT2D eigenvalue weighted by Gasteiger charge is 2.12. The first-order chi connectivity index (χ1) is 9.51. The summed E-state index contributed by atoms with van der Waals surface area (Å²) in [6.45, 7) is 4.03. The number of carboxylic acid groups (broad SMARTS) is 1. The highest BCUT2D eigenvalue weighted by atomic mass is 32.1. The first-order valence-corrected chi connectivity index (χ1v) is 6.93.